The number of para-hydroxylation sites is 1. The van der Waals surface area contributed by atoms with Crippen LogP contribution in [-0.4, -0.2) is 24.3 Å². The number of hydrogen-bond acceptors (Lipinski definition) is 7. The molecule has 0 amide bonds. The summed E-state index contributed by atoms with van der Waals surface area (Å²) in [5.74, 6) is 0.854. The molecule has 1 aliphatic rings. The smallest absolute Gasteiger partial charge is 0.338 e. The van der Waals surface area contributed by atoms with Crippen molar-refractivity contribution in [1.29, 1.82) is 0 Å². The molecule has 5 rings (SSSR count). The molecule has 0 bridgehead atoms. The minimum absolute atomic E-state index is 0.217. The van der Waals surface area contributed by atoms with Gasteiger partial charge in [-0.2, -0.15) is 0 Å². The number of aromatic nitrogens is 1. The van der Waals surface area contributed by atoms with E-state index in [1.807, 2.05) is 84.9 Å². The quantitative estimate of drug-likeness (QED) is 0.310. The molecule has 0 spiro atoms. The predicted molar refractivity (Wildman–Crippen MR) is 151 cm³/mol. The third-order valence-electron chi connectivity index (χ3n) is 6.39. The van der Waals surface area contributed by atoms with Gasteiger partial charge in [0, 0.05) is 5.56 Å². The number of methoxy groups -OCH3 is 1. The molecule has 0 radical (unpaired) electrons. The summed E-state index contributed by atoms with van der Waals surface area (Å²) in [7, 11) is 1.59. The maximum atomic E-state index is 13.9. The third kappa shape index (κ3) is 5.42. The molecule has 0 N–H and O–H groups in total. The van der Waals surface area contributed by atoms with Crippen LogP contribution in [0.2, 0.25) is 0 Å². The summed E-state index contributed by atoms with van der Waals surface area (Å²) in [5.41, 5.74) is 3.20. The zero-order valence-electron chi connectivity index (χ0n) is 21.9. The molecule has 0 aliphatic carbocycles. The van der Waals surface area contributed by atoms with Crippen molar-refractivity contribution in [3.63, 3.8) is 0 Å². The highest BCUT2D eigenvalue weighted by Gasteiger charge is 2.33. The normalized spacial score (nSPS) is 14.9. The molecule has 0 saturated heterocycles. The Bertz CT molecular complexity index is 1700. The van der Waals surface area contributed by atoms with Crippen LogP contribution in [-0.2, 0) is 16.1 Å². The van der Waals surface area contributed by atoms with E-state index < -0.39 is 12.0 Å². The first-order chi connectivity index (χ1) is 19.0. The van der Waals surface area contributed by atoms with Crippen LogP contribution in [0, 0.1) is 0 Å². The molecule has 0 fully saturated rings. The number of carbonyl (C=O) groups excluding carboxylic acids is 1. The average molecular weight is 541 g/mol. The van der Waals surface area contributed by atoms with E-state index in [1.54, 1.807) is 25.5 Å². The molecule has 39 heavy (non-hydrogen) atoms. The molecule has 1 aliphatic heterocycles. The number of ether oxygens (including phenoxy) is 3. The Hall–Kier alpha value is -4.43. The van der Waals surface area contributed by atoms with E-state index in [9.17, 15) is 9.59 Å². The highest BCUT2D eigenvalue weighted by molar-refractivity contribution is 7.07. The zero-order valence-corrected chi connectivity index (χ0v) is 22.7. The first kappa shape index (κ1) is 26.2. The van der Waals surface area contributed by atoms with Crippen LogP contribution >= 0.6 is 11.3 Å². The second-order valence-corrected chi connectivity index (χ2v) is 9.90. The second kappa shape index (κ2) is 11.5. The Morgan fingerprint density at radius 2 is 1.74 bits per heavy atom. The molecule has 1 atom stereocenters. The van der Waals surface area contributed by atoms with Crippen LogP contribution in [0.3, 0.4) is 0 Å². The number of nitrogens with zero attached hydrogens (tertiary/aromatic N) is 2. The van der Waals surface area contributed by atoms with E-state index in [1.165, 1.54) is 11.3 Å². The molecule has 198 valence electrons. The summed E-state index contributed by atoms with van der Waals surface area (Å²) in [6.45, 7) is 4.15. The van der Waals surface area contributed by atoms with Crippen molar-refractivity contribution in [2.75, 3.05) is 13.7 Å². The van der Waals surface area contributed by atoms with Crippen LogP contribution in [0.5, 0.6) is 11.5 Å². The van der Waals surface area contributed by atoms with Gasteiger partial charge in [0.2, 0.25) is 0 Å². The van der Waals surface area contributed by atoms with Crippen LogP contribution in [0.4, 0.5) is 0 Å². The Kier molecular flexibility index (Phi) is 7.74. The third-order valence-corrected chi connectivity index (χ3v) is 7.37. The highest BCUT2D eigenvalue weighted by atomic mass is 32.1. The lowest BCUT2D eigenvalue weighted by molar-refractivity contribution is -0.139. The summed E-state index contributed by atoms with van der Waals surface area (Å²) in [6.07, 6.45) is 1.82. The van der Waals surface area contributed by atoms with Gasteiger partial charge in [0.05, 0.1) is 35.6 Å². The number of thiazole rings is 1. The lowest BCUT2D eigenvalue weighted by Crippen LogP contribution is -2.39. The van der Waals surface area contributed by atoms with Gasteiger partial charge in [0.25, 0.3) is 5.56 Å². The zero-order chi connectivity index (χ0) is 27.4. The van der Waals surface area contributed by atoms with Crippen molar-refractivity contribution in [3.8, 4) is 11.5 Å². The summed E-state index contributed by atoms with van der Waals surface area (Å²) >= 11 is 1.28. The van der Waals surface area contributed by atoms with Gasteiger partial charge in [-0.05, 0) is 49.2 Å². The lowest BCUT2D eigenvalue weighted by atomic mass is 9.96. The van der Waals surface area contributed by atoms with Crippen LogP contribution < -0.4 is 24.4 Å². The van der Waals surface area contributed by atoms with E-state index in [4.69, 9.17) is 14.2 Å². The lowest BCUT2D eigenvalue weighted by Gasteiger charge is -2.24. The molecule has 1 unspecified atom stereocenters. The molecule has 2 heterocycles. The first-order valence-corrected chi connectivity index (χ1v) is 13.4. The Morgan fingerprint density at radius 3 is 2.46 bits per heavy atom. The van der Waals surface area contributed by atoms with Crippen LogP contribution in [0.15, 0.2) is 99.9 Å². The summed E-state index contributed by atoms with van der Waals surface area (Å²) < 4.78 is 18.8. The van der Waals surface area contributed by atoms with E-state index in [2.05, 4.69) is 4.99 Å². The Balaban J connectivity index is 1.60. The maximum Gasteiger partial charge on any atom is 0.338 e. The Morgan fingerprint density at radius 1 is 1.03 bits per heavy atom. The molecular weight excluding hydrogens is 512 g/mol. The topological polar surface area (TPSA) is 79.1 Å². The summed E-state index contributed by atoms with van der Waals surface area (Å²) in [4.78, 5) is 32.1. The van der Waals surface area contributed by atoms with Gasteiger partial charge in [-0.1, -0.05) is 72.0 Å². The van der Waals surface area contributed by atoms with Gasteiger partial charge in [-0.25, -0.2) is 9.79 Å². The summed E-state index contributed by atoms with van der Waals surface area (Å²) in [5, 5.41) is 0. The molecule has 1 aromatic heterocycles. The van der Waals surface area contributed by atoms with Crippen molar-refractivity contribution in [2.45, 2.75) is 26.5 Å². The maximum absolute atomic E-state index is 13.9. The highest BCUT2D eigenvalue weighted by Crippen LogP contribution is 2.31. The minimum atomic E-state index is -0.682. The monoisotopic (exact) mass is 540 g/mol. The fraction of sp³-hybridized carbons (Fsp3) is 0.194. The van der Waals surface area contributed by atoms with E-state index in [0.717, 1.165) is 16.7 Å². The fourth-order valence-corrected chi connectivity index (χ4v) is 5.54. The van der Waals surface area contributed by atoms with Gasteiger partial charge in [0.1, 0.15) is 18.1 Å². The SMILES string of the molecule is CCOC(=O)C1=C(C)N=c2sc(=Cc3ccccc3OCc3ccccc3)c(=O)n2C1c1ccc(OC)cc1. The van der Waals surface area contributed by atoms with Crippen molar-refractivity contribution in [2.24, 2.45) is 4.99 Å². The van der Waals surface area contributed by atoms with Crippen LogP contribution in [0.1, 0.15) is 36.6 Å². The van der Waals surface area contributed by atoms with E-state index in [-0.39, 0.29) is 12.2 Å². The number of fused-ring (bicyclic) bond motifs is 1. The standard InChI is InChI=1S/C31H28N2O5S/c1-4-37-30(35)27-20(2)32-31-33(28(27)22-14-16-24(36-3)17-15-22)29(34)26(39-31)18-23-12-8-9-13-25(23)38-19-21-10-6-5-7-11-21/h5-18,28H,4,19H2,1-3H3. The van der Waals surface area contributed by atoms with Gasteiger partial charge in [-0.3, -0.25) is 9.36 Å². The number of rotatable bonds is 8. The van der Waals surface area contributed by atoms with Gasteiger partial charge < -0.3 is 14.2 Å². The van der Waals surface area contributed by atoms with Gasteiger partial charge >= 0.3 is 5.97 Å². The van der Waals surface area contributed by atoms with Gasteiger partial charge in [-0.15, -0.1) is 0 Å². The fourth-order valence-electron chi connectivity index (χ4n) is 4.50. The average Bonchev–Trinajstić information content (AvgIpc) is 3.26. The molecule has 7 nitrogen and oxygen atoms in total. The predicted octanol–water partition coefficient (Wildman–Crippen LogP) is 4.39. The van der Waals surface area contributed by atoms with Crippen LogP contribution in [0.25, 0.3) is 6.08 Å². The van der Waals surface area contributed by atoms with E-state index >= 15 is 0 Å². The molecule has 4 aromatic rings. The molecular formula is C31H28N2O5S. The minimum Gasteiger partial charge on any atom is -0.497 e. The molecule has 3 aromatic carbocycles. The van der Waals surface area contributed by atoms with E-state index in [0.29, 0.717) is 38.7 Å². The second-order valence-electron chi connectivity index (χ2n) is 8.89. The van der Waals surface area contributed by atoms with Gasteiger partial charge in [0.15, 0.2) is 4.80 Å². The first-order valence-electron chi connectivity index (χ1n) is 12.6. The number of benzene rings is 3. The number of carbonyl (C=O) groups is 1. The number of allylic oxidation sites excluding steroid dienone is 1. The van der Waals surface area contributed by atoms with Crippen molar-refractivity contribution >= 4 is 23.4 Å². The number of hydrogen-bond donors (Lipinski definition) is 0. The summed E-state index contributed by atoms with van der Waals surface area (Å²) in [6, 6.07) is 24.2. The number of esters is 1. The largest absolute Gasteiger partial charge is 0.497 e. The van der Waals surface area contributed by atoms with Crippen molar-refractivity contribution in [3.05, 3.63) is 127 Å². The van der Waals surface area contributed by atoms with Crippen molar-refractivity contribution in [1.82, 2.24) is 4.57 Å². The Labute approximate surface area is 229 Å². The molecule has 0 saturated carbocycles. The van der Waals surface area contributed by atoms with Crippen molar-refractivity contribution < 1.29 is 19.0 Å². The molecule has 8 heteroatoms.